The zero-order chi connectivity index (χ0) is 26.9. The maximum atomic E-state index is 14.1. The van der Waals surface area contributed by atoms with E-state index in [4.69, 9.17) is 4.74 Å². The highest BCUT2D eigenvalue weighted by Gasteiger charge is 2.74. The van der Waals surface area contributed by atoms with Crippen LogP contribution in [0, 0.1) is 17.8 Å². The van der Waals surface area contributed by atoms with Gasteiger partial charge in [-0.3, -0.25) is 19.3 Å². The van der Waals surface area contributed by atoms with Crippen molar-refractivity contribution in [2.45, 2.75) is 55.3 Å². The summed E-state index contributed by atoms with van der Waals surface area (Å²) in [7, 11) is 0. The van der Waals surface area contributed by atoms with Crippen LogP contribution >= 0.6 is 11.8 Å². The Labute approximate surface area is 229 Å². The fraction of sp³-hybridized carbons (Fsp3) is 0.679. The number of aliphatic hydroxyl groups is 1. The van der Waals surface area contributed by atoms with E-state index in [-0.39, 0.29) is 35.5 Å². The van der Waals surface area contributed by atoms with Gasteiger partial charge in [-0.15, -0.1) is 11.8 Å². The van der Waals surface area contributed by atoms with E-state index in [0.717, 1.165) is 38.0 Å². The second kappa shape index (κ2) is 11.5. The molecule has 0 saturated carbocycles. The van der Waals surface area contributed by atoms with Gasteiger partial charge in [-0.25, -0.2) is 0 Å². The lowest BCUT2D eigenvalue weighted by Crippen LogP contribution is -2.58. The highest BCUT2D eigenvalue weighted by atomic mass is 32.2. The number of hydrogen-bond donors (Lipinski definition) is 3. The van der Waals surface area contributed by atoms with Crippen LogP contribution in [0.4, 0.5) is 0 Å². The third-order valence-electron chi connectivity index (χ3n) is 8.74. The predicted molar refractivity (Wildman–Crippen MR) is 145 cm³/mol. The molecule has 1 spiro atoms. The van der Waals surface area contributed by atoms with E-state index in [1.165, 1.54) is 0 Å². The molecule has 4 fully saturated rings. The lowest BCUT2D eigenvalue weighted by Gasteiger charge is -2.38. The fourth-order valence-electron chi connectivity index (χ4n) is 6.83. The number of amides is 3. The number of ether oxygens (including phenoxy) is 1. The molecule has 9 nitrogen and oxygen atoms in total. The summed E-state index contributed by atoms with van der Waals surface area (Å²) in [5.41, 5.74) is 1.00. The number of thioether (sulfide) groups is 1. The molecular weight excluding hydrogens is 504 g/mol. The lowest BCUT2D eigenvalue weighted by atomic mass is 9.70. The molecule has 0 aliphatic carbocycles. The number of morpholine rings is 1. The summed E-state index contributed by atoms with van der Waals surface area (Å²) in [4.78, 5) is 45.4. The molecule has 4 saturated heterocycles. The van der Waals surface area contributed by atoms with Crippen LogP contribution in [0.2, 0.25) is 0 Å². The highest BCUT2D eigenvalue weighted by Crippen LogP contribution is 2.66. The van der Waals surface area contributed by atoms with Crippen molar-refractivity contribution in [2.24, 2.45) is 17.8 Å². The number of likely N-dealkylation sites (tertiary alicyclic amines) is 1. The smallest absolute Gasteiger partial charge is 0.244 e. The van der Waals surface area contributed by atoms with Crippen LogP contribution in [0.3, 0.4) is 0 Å². The van der Waals surface area contributed by atoms with Crippen LogP contribution < -0.4 is 10.6 Å². The minimum atomic E-state index is -0.703. The Morgan fingerprint density at radius 2 is 1.89 bits per heavy atom. The maximum absolute atomic E-state index is 14.1. The number of carbonyl (C=O) groups excluding carboxylic acids is 3. The van der Waals surface area contributed by atoms with E-state index in [0.29, 0.717) is 26.3 Å². The lowest BCUT2D eigenvalue weighted by molar-refractivity contribution is -0.143. The number of aliphatic hydroxyl groups excluding tert-OH is 1. The maximum Gasteiger partial charge on any atom is 0.244 e. The molecule has 3 N–H and O–H groups in total. The number of rotatable bonds is 10. The van der Waals surface area contributed by atoms with Gasteiger partial charge < -0.3 is 25.4 Å². The fourth-order valence-corrected chi connectivity index (χ4v) is 9.04. The zero-order valence-electron chi connectivity index (χ0n) is 22.3. The van der Waals surface area contributed by atoms with Crippen molar-refractivity contribution in [3.05, 3.63) is 35.9 Å². The summed E-state index contributed by atoms with van der Waals surface area (Å²) >= 11 is 1.66. The van der Waals surface area contributed by atoms with Crippen LogP contribution in [0.15, 0.2) is 30.3 Å². The summed E-state index contributed by atoms with van der Waals surface area (Å²) in [6.07, 6.45) is 1.52. The van der Waals surface area contributed by atoms with Crippen molar-refractivity contribution in [2.75, 3.05) is 46.0 Å². The molecule has 208 valence electrons. The third kappa shape index (κ3) is 4.96. The highest BCUT2D eigenvalue weighted by molar-refractivity contribution is 8.02. The van der Waals surface area contributed by atoms with Crippen LogP contribution in [-0.4, -0.2) is 101 Å². The quantitative estimate of drug-likeness (QED) is 0.401. The molecule has 10 heteroatoms. The topological polar surface area (TPSA) is 111 Å². The van der Waals surface area contributed by atoms with Crippen molar-refractivity contribution in [3.8, 4) is 0 Å². The number of benzene rings is 1. The molecule has 5 rings (SSSR count). The molecule has 2 unspecified atom stereocenters. The van der Waals surface area contributed by atoms with E-state index in [2.05, 4.69) is 15.5 Å². The first-order valence-corrected chi connectivity index (χ1v) is 14.8. The number of carbonyl (C=O) groups is 3. The molecule has 1 aromatic rings. The standard InChI is InChI=1S/C28H40N4O5S/c1-18(2)20(17-33)32-24(26(35)29-10-11-31-12-14-37-15-13-31)28-9-8-21(38-28)22(23(28)27(32)36)25(34)30-16-19-6-4-3-5-7-19/h3-7,18,20-24,33H,8-17H2,1-2H3,(H,29,35)(H,30,34)/t20-,21+,22-,23-,24?,28?/m0/s1. The van der Waals surface area contributed by atoms with Gasteiger partial charge in [0, 0.05) is 38.0 Å². The molecule has 0 radical (unpaired) electrons. The molecule has 1 aromatic carbocycles. The van der Waals surface area contributed by atoms with E-state index < -0.39 is 28.7 Å². The van der Waals surface area contributed by atoms with E-state index in [9.17, 15) is 19.5 Å². The number of hydrogen-bond acceptors (Lipinski definition) is 7. The molecule has 3 amide bonds. The minimum absolute atomic E-state index is 0.0112. The number of fused-ring (bicyclic) bond motifs is 1. The van der Waals surface area contributed by atoms with Gasteiger partial charge in [-0.2, -0.15) is 0 Å². The second-order valence-electron chi connectivity index (χ2n) is 11.2. The Hall–Kier alpha value is -2.14. The van der Waals surface area contributed by atoms with Gasteiger partial charge in [-0.05, 0) is 24.3 Å². The molecule has 6 atom stereocenters. The SMILES string of the molecule is CC(C)[C@H](CO)N1C(=O)[C@@H]2[C@@H](C(=O)NCc3ccccc3)[C@H]3CCC2(S3)C1C(=O)NCCN1CCOCC1. The average molecular weight is 545 g/mol. The van der Waals surface area contributed by atoms with Crippen molar-refractivity contribution in [3.63, 3.8) is 0 Å². The first kappa shape index (κ1) is 27.4. The van der Waals surface area contributed by atoms with Gasteiger partial charge in [0.25, 0.3) is 0 Å². The van der Waals surface area contributed by atoms with Gasteiger partial charge in [-0.1, -0.05) is 44.2 Å². The Bertz CT molecular complexity index is 1020. The van der Waals surface area contributed by atoms with Gasteiger partial charge in [0.1, 0.15) is 6.04 Å². The molecule has 4 aliphatic rings. The van der Waals surface area contributed by atoms with Crippen LogP contribution in [0.5, 0.6) is 0 Å². The average Bonchev–Trinajstić information content (AvgIpc) is 3.56. The second-order valence-corrected chi connectivity index (χ2v) is 12.8. The predicted octanol–water partition coefficient (Wildman–Crippen LogP) is 0.859. The first-order valence-electron chi connectivity index (χ1n) is 13.9. The molecular formula is C28H40N4O5S. The van der Waals surface area contributed by atoms with Crippen LogP contribution in [0.1, 0.15) is 32.3 Å². The summed E-state index contributed by atoms with van der Waals surface area (Å²) in [6.45, 7) is 8.39. The molecule has 2 bridgehead atoms. The van der Waals surface area contributed by atoms with Crippen molar-refractivity contribution < 1.29 is 24.2 Å². The summed E-state index contributed by atoms with van der Waals surface area (Å²) < 4.78 is 4.76. The van der Waals surface area contributed by atoms with Gasteiger partial charge in [0.2, 0.25) is 17.7 Å². The third-order valence-corrected chi connectivity index (χ3v) is 10.7. The number of nitrogens with one attached hydrogen (secondary N) is 2. The van der Waals surface area contributed by atoms with Crippen molar-refractivity contribution in [1.82, 2.24) is 20.4 Å². The van der Waals surface area contributed by atoms with Gasteiger partial charge in [0.05, 0.1) is 42.4 Å². The van der Waals surface area contributed by atoms with Gasteiger partial charge >= 0.3 is 0 Å². The zero-order valence-corrected chi connectivity index (χ0v) is 23.1. The summed E-state index contributed by atoms with van der Waals surface area (Å²) in [5, 5.41) is 16.5. The first-order chi connectivity index (χ1) is 18.4. The van der Waals surface area contributed by atoms with Crippen LogP contribution in [0.25, 0.3) is 0 Å². The molecule has 4 aliphatic heterocycles. The summed E-state index contributed by atoms with van der Waals surface area (Å²) in [6, 6.07) is 8.55. The summed E-state index contributed by atoms with van der Waals surface area (Å²) in [5.74, 6) is -1.54. The van der Waals surface area contributed by atoms with Crippen molar-refractivity contribution in [1.29, 1.82) is 0 Å². The van der Waals surface area contributed by atoms with E-state index in [1.54, 1.807) is 16.7 Å². The molecule has 38 heavy (non-hydrogen) atoms. The number of nitrogens with zero attached hydrogens (tertiary/aromatic N) is 2. The Kier molecular flexibility index (Phi) is 8.33. The molecule has 0 aromatic heterocycles. The monoisotopic (exact) mass is 544 g/mol. The normalized spacial score (nSPS) is 31.5. The minimum Gasteiger partial charge on any atom is -0.394 e. The molecule has 4 heterocycles. The van der Waals surface area contributed by atoms with Crippen LogP contribution in [-0.2, 0) is 25.7 Å². The van der Waals surface area contributed by atoms with Gasteiger partial charge in [0.15, 0.2) is 0 Å². The van der Waals surface area contributed by atoms with Crippen molar-refractivity contribution >= 4 is 29.5 Å². The Morgan fingerprint density at radius 1 is 1.16 bits per heavy atom. The largest absolute Gasteiger partial charge is 0.394 e. The Balaban J connectivity index is 1.36. The van der Waals surface area contributed by atoms with E-state index in [1.807, 2.05) is 44.2 Å². The Morgan fingerprint density at radius 3 is 2.58 bits per heavy atom. The van der Waals surface area contributed by atoms with E-state index >= 15 is 0 Å².